The third-order valence-corrected chi connectivity index (χ3v) is 4.26. The maximum absolute atomic E-state index is 5.35. The number of methoxy groups -OCH3 is 1. The quantitative estimate of drug-likeness (QED) is 0.738. The van der Waals surface area contributed by atoms with Crippen LogP contribution in [0.15, 0.2) is 22.7 Å². The molecule has 1 N–H and O–H groups in total. The monoisotopic (exact) mass is 355 g/mol. The lowest BCUT2D eigenvalue weighted by molar-refractivity contribution is 0.330. The highest BCUT2D eigenvalue weighted by Gasteiger charge is 2.17. The Balaban J connectivity index is 2.80. The molecular weight excluding hydrogens is 326 g/mol. The highest BCUT2D eigenvalue weighted by atomic mass is 79.9. The third kappa shape index (κ3) is 7.32. The zero-order valence-corrected chi connectivity index (χ0v) is 15.9. The van der Waals surface area contributed by atoms with Crippen molar-refractivity contribution >= 4 is 15.9 Å². The molecule has 0 aliphatic carbocycles. The van der Waals surface area contributed by atoms with Crippen molar-refractivity contribution in [3.8, 4) is 5.75 Å². The number of benzene rings is 1. The van der Waals surface area contributed by atoms with Gasteiger partial charge in [0.25, 0.3) is 0 Å². The summed E-state index contributed by atoms with van der Waals surface area (Å²) in [5.74, 6) is 2.27. The topological polar surface area (TPSA) is 21.3 Å². The number of halogens is 1. The average molecular weight is 356 g/mol. The van der Waals surface area contributed by atoms with E-state index in [9.17, 15) is 0 Å². The molecule has 0 saturated carbocycles. The van der Waals surface area contributed by atoms with Crippen molar-refractivity contribution in [1.82, 2.24) is 5.32 Å². The van der Waals surface area contributed by atoms with Gasteiger partial charge in [-0.25, -0.2) is 0 Å². The van der Waals surface area contributed by atoms with Crippen LogP contribution in [0.25, 0.3) is 0 Å². The smallest absolute Gasteiger partial charge is 0.119 e. The van der Waals surface area contributed by atoms with Crippen LogP contribution in [0.3, 0.4) is 0 Å². The van der Waals surface area contributed by atoms with Crippen LogP contribution in [0.2, 0.25) is 0 Å². The van der Waals surface area contributed by atoms with Gasteiger partial charge in [-0.05, 0) is 75.8 Å². The second kappa shape index (κ2) is 8.19. The molecule has 0 heterocycles. The van der Waals surface area contributed by atoms with Crippen molar-refractivity contribution < 1.29 is 4.74 Å². The first-order valence-electron chi connectivity index (χ1n) is 7.78. The molecule has 21 heavy (non-hydrogen) atoms. The molecule has 3 heteroatoms. The third-order valence-electron chi connectivity index (χ3n) is 3.49. The summed E-state index contributed by atoms with van der Waals surface area (Å²) in [6, 6.07) is 6.23. The van der Waals surface area contributed by atoms with Gasteiger partial charge in [0.2, 0.25) is 0 Å². The van der Waals surface area contributed by atoms with E-state index in [1.165, 1.54) is 16.5 Å². The van der Waals surface area contributed by atoms with Crippen molar-refractivity contribution in [1.29, 1.82) is 0 Å². The SMILES string of the molecule is COc1ccc(Br)c(CC(CNC(C)(C)C)CC(C)C)c1. The number of rotatable bonds is 7. The van der Waals surface area contributed by atoms with Crippen molar-refractivity contribution in [3.05, 3.63) is 28.2 Å². The van der Waals surface area contributed by atoms with Gasteiger partial charge in [0.05, 0.1) is 7.11 Å². The van der Waals surface area contributed by atoms with E-state index >= 15 is 0 Å². The predicted molar refractivity (Wildman–Crippen MR) is 95.1 cm³/mol. The highest BCUT2D eigenvalue weighted by Crippen LogP contribution is 2.27. The van der Waals surface area contributed by atoms with Gasteiger partial charge in [-0.2, -0.15) is 0 Å². The van der Waals surface area contributed by atoms with E-state index in [0.29, 0.717) is 11.8 Å². The van der Waals surface area contributed by atoms with Crippen LogP contribution in [0.5, 0.6) is 5.75 Å². The summed E-state index contributed by atoms with van der Waals surface area (Å²) in [7, 11) is 1.72. The van der Waals surface area contributed by atoms with Crippen molar-refractivity contribution in [2.45, 2.75) is 53.0 Å². The molecule has 1 aromatic carbocycles. The summed E-state index contributed by atoms with van der Waals surface area (Å²) in [6.45, 7) is 12.3. The Labute approximate surface area is 138 Å². The molecule has 0 saturated heterocycles. The largest absolute Gasteiger partial charge is 0.497 e. The molecule has 1 atom stereocenters. The van der Waals surface area contributed by atoms with E-state index in [-0.39, 0.29) is 5.54 Å². The van der Waals surface area contributed by atoms with Crippen LogP contribution in [-0.2, 0) is 6.42 Å². The van der Waals surface area contributed by atoms with Gasteiger partial charge in [0.15, 0.2) is 0 Å². The average Bonchev–Trinajstić information content (AvgIpc) is 2.37. The lowest BCUT2D eigenvalue weighted by Gasteiger charge is -2.27. The predicted octanol–water partition coefficient (Wildman–Crippen LogP) is 5.05. The molecule has 0 spiro atoms. The van der Waals surface area contributed by atoms with Crippen LogP contribution < -0.4 is 10.1 Å². The first-order valence-corrected chi connectivity index (χ1v) is 8.58. The van der Waals surface area contributed by atoms with Crippen LogP contribution in [0, 0.1) is 11.8 Å². The number of hydrogen-bond acceptors (Lipinski definition) is 2. The number of ether oxygens (including phenoxy) is 1. The fourth-order valence-electron chi connectivity index (χ4n) is 2.50. The van der Waals surface area contributed by atoms with Gasteiger partial charge >= 0.3 is 0 Å². The molecule has 0 aliphatic rings. The molecule has 0 aromatic heterocycles. The van der Waals surface area contributed by atoms with Gasteiger partial charge in [-0.1, -0.05) is 29.8 Å². The molecule has 2 nitrogen and oxygen atoms in total. The zero-order valence-electron chi connectivity index (χ0n) is 14.3. The Morgan fingerprint density at radius 1 is 1.24 bits per heavy atom. The fourth-order valence-corrected chi connectivity index (χ4v) is 2.91. The standard InChI is InChI=1S/C18H30BrNO/c1-13(2)9-14(12-20-18(3,4)5)10-15-11-16(21-6)7-8-17(15)19/h7-8,11,13-14,20H,9-10,12H2,1-6H3. The van der Waals surface area contributed by atoms with Crippen LogP contribution in [0.1, 0.15) is 46.6 Å². The Morgan fingerprint density at radius 3 is 2.43 bits per heavy atom. The zero-order chi connectivity index (χ0) is 16.0. The van der Waals surface area contributed by atoms with E-state index < -0.39 is 0 Å². The van der Waals surface area contributed by atoms with Crippen LogP contribution in [-0.4, -0.2) is 19.2 Å². The number of hydrogen-bond donors (Lipinski definition) is 1. The summed E-state index contributed by atoms with van der Waals surface area (Å²) in [5.41, 5.74) is 1.50. The second-order valence-electron chi connectivity index (χ2n) is 7.29. The minimum Gasteiger partial charge on any atom is -0.497 e. The molecule has 0 aliphatic heterocycles. The van der Waals surface area contributed by atoms with Gasteiger partial charge in [-0.3, -0.25) is 0 Å². The normalized spacial score (nSPS) is 13.5. The summed E-state index contributed by atoms with van der Waals surface area (Å²) in [6.07, 6.45) is 2.30. The lowest BCUT2D eigenvalue weighted by Crippen LogP contribution is -2.39. The fraction of sp³-hybridized carbons (Fsp3) is 0.667. The minimum atomic E-state index is 0.167. The molecule has 0 fully saturated rings. The molecule has 0 radical (unpaired) electrons. The summed E-state index contributed by atoms with van der Waals surface area (Å²) in [5, 5.41) is 3.65. The van der Waals surface area contributed by atoms with Crippen molar-refractivity contribution in [2.75, 3.05) is 13.7 Å². The van der Waals surface area contributed by atoms with Crippen molar-refractivity contribution in [2.24, 2.45) is 11.8 Å². The van der Waals surface area contributed by atoms with E-state index in [1.807, 2.05) is 6.07 Å². The maximum Gasteiger partial charge on any atom is 0.119 e. The first-order chi connectivity index (χ1) is 9.71. The first kappa shape index (κ1) is 18.5. The van der Waals surface area contributed by atoms with E-state index in [4.69, 9.17) is 4.74 Å². The van der Waals surface area contributed by atoms with Crippen molar-refractivity contribution in [3.63, 3.8) is 0 Å². The van der Waals surface area contributed by atoms with Gasteiger partial charge in [0.1, 0.15) is 5.75 Å². The number of nitrogens with one attached hydrogen (secondary N) is 1. The second-order valence-corrected chi connectivity index (χ2v) is 8.14. The van der Waals surface area contributed by atoms with E-state index in [2.05, 4.69) is 68.0 Å². The molecule has 1 aromatic rings. The highest BCUT2D eigenvalue weighted by molar-refractivity contribution is 9.10. The molecule has 0 bridgehead atoms. The molecule has 120 valence electrons. The lowest BCUT2D eigenvalue weighted by atomic mass is 9.90. The van der Waals surface area contributed by atoms with Gasteiger partial charge in [0, 0.05) is 10.0 Å². The maximum atomic E-state index is 5.35. The van der Waals surface area contributed by atoms with Gasteiger partial charge in [-0.15, -0.1) is 0 Å². The van der Waals surface area contributed by atoms with Crippen LogP contribution in [0.4, 0.5) is 0 Å². The van der Waals surface area contributed by atoms with E-state index in [0.717, 1.165) is 18.7 Å². The molecule has 1 rings (SSSR count). The van der Waals surface area contributed by atoms with Crippen LogP contribution >= 0.6 is 15.9 Å². The molecule has 1 unspecified atom stereocenters. The van der Waals surface area contributed by atoms with Gasteiger partial charge < -0.3 is 10.1 Å². The Kier molecular flexibility index (Phi) is 7.22. The minimum absolute atomic E-state index is 0.167. The summed E-state index contributed by atoms with van der Waals surface area (Å²) < 4.78 is 6.52. The Morgan fingerprint density at radius 2 is 1.90 bits per heavy atom. The molecular formula is C18H30BrNO. The Hall–Kier alpha value is -0.540. The Bertz CT molecular complexity index is 437. The van der Waals surface area contributed by atoms with E-state index in [1.54, 1.807) is 7.11 Å². The summed E-state index contributed by atoms with van der Waals surface area (Å²) in [4.78, 5) is 0. The molecule has 0 amide bonds. The summed E-state index contributed by atoms with van der Waals surface area (Å²) >= 11 is 3.67.